The van der Waals surface area contributed by atoms with Gasteiger partial charge in [0.1, 0.15) is 30.0 Å². The highest BCUT2D eigenvalue weighted by Crippen LogP contribution is 2.31. The molecule has 10 N–H and O–H groups in total. The molecule has 0 aromatic heterocycles. The second kappa shape index (κ2) is 10.6. The fourth-order valence-corrected chi connectivity index (χ4v) is 4.71. The Morgan fingerprint density at radius 2 is 1.72 bits per heavy atom. The largest absolute Gasteiger partial charge is 0.468 e. The Kier molecular flexibility index (Phi) is 8.53. The summed E-state index contributed by atoms with van der Waals surface area (Å²) in [5, 5.41) is 35.1. The molecule has 0 unspecified atom stereocenters. The van der Waals surface area contributed by atoms with Crippen LogP contribution in [0.1, 0.15) is 39.5 Å². The Morgan fingerprint density at radius 1 is 1.09 bits per heavy atom. The molecule has 0 spiro atoms. The fourth-order valence-electron chi connectivity index (χ4n) is 4.71. The molecule has 2 heterocycles. The molecule has 1 saturated carbocycles. The van der Waals surface area contributed by atoms with Crippen molar-refractivity contribution >= 4 is 0 Å². The lowest BCUT2D eigenvalue weighted by atomic mass is 9.84. The zero-order valence-electron chi connectivity index (χ0n) is 19.1. The molecule has 0 bridgehead atoms. The molecular weight excluding hydrogens is 420 g/mol. The highest BCUT2D eigenvalue weighted by Gasteiger charge is 2.50. The molecule has 0 amide bonds. The number of likely N-dealkylation sites (N-methyl/N-ethyl adjacent to an activating group) is 1. The van der Waals surface area contributed by atoms with Crippen molar-refractivity contribution < 1.29 is 34.3 Å². The first-order chi connectivity index (χ1) is 15.1. The highest BCUT2D eigenvalue weighted by atomic mass is 16.7. The average molecular weight is 461 g/mol. The summed E-state index contributed by atoms with van der Waals surface area (Å²) in [5.41, 5.74) is 17.4. The summed E-state index contributed by atoms with van der Waals surface area (Å²) in [6, 6.07) is -2.25. The lowest BCUT2D eigenvalue weighted by molar-refractivity contribution is -0.303. The smallest absolute Gasteiger partial charge is 0.215 e. The van der Waals surface area contributed by atoms with Crippen molar-refractivity contribution in [2.75, 3.05) is 13.7 Å². The quantitative estimate of drug-likeness (QED) is 0.222. The number of hydrogen-bond donors (Lipinski definition) is 7. The van der Waals surface area contributed by atoms with E-state index in [0.717, 1.165) is 18.6 Å². The lowest BCUT2D eigenvalue weighted by Gasteiger charge is -2.48. The number of rotatable bonds is 7. The van der Waals surface area contributed by atoms with E-state index in [0.29, 0.717) is 12.8 Å². The number of nitrogens with two attached hydrogens (primary N) is 3. The van der Waals surface area contributed by atoms with Crippen LogP contribution >= 0.6 is 0 Å². The lowest BCUT2D eigenvalue weighted by Crippen LogP contribution is -2.68. The Balaban J connectivity index is 1.68. The van der Waals surface area contributed by atoms with Crippen molar-refractivity contribution in [1.82, 2.24) is 5.32 Å². The molecule has 1 saturated heterocycles. The van der Waals surface area contributed by atoms with Gasteiger partial charge in [-0.2, -0.15) is 0 Å². The third kappa shape index (κ3) is 5.44. The zero-order valence-corrected chi connectivity index (χ0v) is 19.1. The van der Waals surface area contributed by atoms with Gasteiger partial charge in [0.25, 0.3) is 0 Å². The van der Waals surface area contributed by atoms with Crippen molar-refractivity contribution in [2.45, 2.75) is 106 Å². The van der Waals surface area contributed by atoms with Crippen molar-refractivity contribution in [3.05, 3.63) is 11.8 Å². The van der Waals surface area contributed by atoms with Crippen LogP contribution in [0.5, 0.6) is 0 Å². The summed E-state index contributed by atoms with van der Waals surface area (Å²) in [5.74, 6) is 0.812. The SMILES string of the molecule is CCCC1=CC[C@@H](N)[C@@H](O[C@H]2[C@H](O)[C@@H](O[C@H]3OC[C@](C)(O)[C@H](NC)[C@H]3O)[C@H](N)C[C@@H]2N)O1. The maximum atomic E-state index is 11.1. The van der Waals surface area contributed by atoms with Gasteiger partial charge in [-0.15, -0.1) is 0 Å². The van der Waals surface area contributed by atoms with Gasteiger partial charge in [0.15, 0.2) is 6.29 Å². The van der Waals surface area contributed by atoms with E-state index in [2.05, 4.69) is 12.2 Å². The topological polar surface area (TPSA) is 188 Å². The van der Waals surface area contributed by atoms with Gasteiger partial charge in [-0.25, -0.2) is 0 Å². The van der Waals surface area contributed by atoms with Gasteiger partial charge in [0.2, 0.25) is 6.29 Å². The van der Waals surface area contributed by atoms with Crippen LogP contribution in [0.4, 0.5) is 0 Å². The highest BCUT2D eigenvalue weighted by molar-refractivity contribution is 5.04. The first kappa shape index (κ1) is 25.8. The Morgan fingerprint density at radius 3 is 2.31 bits per heavy atom. The average Bonchev–Trinajstić information content (AvgIpc) is 2.72. The number of hydrogen-bond acceptors (Lipinski definition) is 11. The van der Waals surface area contributed by atoms with Gasteiger partial charge in [-0.1, -0.05) is 6.92 Å². The molecule has 11 atom stereocenters. The number of aliphatic hydroxyl groups excluding tert-OH is 2. The molecule has 3 aliphatic rings. The number of allylic oxidation sites excluding steroid dienone is 1. The summed E-state index contributed by atoms with van der Waals surface area (Å²) in [7, 11) is 1.63. The third-order valence-electron chi connectivity index (χ3n) is 6.52. The molecule has 186 valence electrons. The molecule has 2 aliphatic heterocycles. The van der Waals surface area contributed by atoms with Crippen molar-refractivity contribution in [3.8, 4) is 0 Å². The summed E-state index contributed by atoms with van der Waals surface area (Å²) in [4.78, 5) is 0. The van der Waals surface area contributed by atoms with E-state index < -0.39 is 66.8 Å². The summed E-state index contributed by atoms with van der Waals surface area (Å²) in [6.45, 7) is 3.56. The second-order valence-corrected chi connectivity index (χ2v) is 9.36. The second-order valence-electron chi connectivity index (χ2n) is 9.36. The van der Waals surface area contributed by atoms with Crippen LogP contribution in [0.15, 0.2) is 11.8 Å². The summed E-state index contributed by atoms with van der Waals surface area (Å²) in [6.07, 6.45) is -1.39. The minimum Gasteiger partial charge on any atom is -0.468 e. The number of ether oxygens (including phenoxy) is 4. The monoisotopic (exact) mass is 460 g/mol. The molecule has 2 fully saturated rings. The van der Waals surface area contributed by atoms with E-state index in [-0.39, 0.29) is 6.61 Å². The Bertz CT molecular complexity index is 652. The molecule has 0 radical (unpaired) electrons. The van der Waals surface area contributed by atoms with Crippen LogP contribution in [-0.2, 0) is 18.9 Å². The van der Waals surface area contributed by atoms with Crippen LogP contribution in [0.3, 0.4) is 0 Å². The molecule has 0 aromatic rings. The van der Waals surface area contributed by atoms with E-state index in [4.69, 9.17) is 36.1 Å². The fraction of sp³-hybridized carbons (Fsp3) is 0.905. The van der Waals surface area contributed by atoms with Crippen molar-refractivity contribution in [1.29, 1.82) is 0 Å². The number of aliphatic hydroxyl groups is 3. The zero-order chi connectivity index (χ0) is 23.6. The molecule has 1 aliphatic carbocycles. The Hall–Kier alpha value is -0.860. The first-order valence-corrected chi connectivity index (χ1v) is 11.4. The minimum absolute atomic E-state index is 0.0605. The maximum Gasteiger partial charge on any atom is 0.215 e. The molecule has 11 heteroatoms. The van der Waals surface area contributed by atoms with E-state index in [1.165, 1.54) is 0 Å². The van der Waals surface area contributed by atoms with Gasteiger partial charge in [-0.05, 0) is 39.3 Å². The van der Waals surface area contributed by atoms with Crippen LogP contribution in [0, 0.1) is 0 Å². The van der Waals surface area contributed by atoms with Gasteiger partial charge in [0, 0.05) is 18.5 Å². The molecule has 3 rings (SSSR count). The molecular formula is C21H40N4O7. The predicted molar refractivity (Wildman–Crippen MR) is 116 cm³/mol. The van der Waals surface area contributed by atoms with Crippen LogP contribution < -0.4 is 22.5 Å². The normalized spacial score (nSPS) is 47.6. The van der Waals surface area contributed by atoms with Crippen LogP contribution in [-0.4, -0.2) is 95.7 Å². The van der Waals surface area contributed by atoms with Crippen LogP contribution in [0.2, 0.25) is 0 Å². The molecule has 32 heavy (non-hydrogen) atoms. The first-order valence-electron chi connectivity index (χ1n) is 11.4. The molecule has 0 aromatic carbocycles. The van der Waals surface area contributed by atoms with Crippen LogP contribution in [0.25, 0.3) is 0 Å². The molecule has 11 nitrogen and oxygen atoms in total. The van der Waals surface area contributed by atoms with Gasteiger partial charge in [0.05, 0.1) is 24.4 Å². The standard InChI is InChI=1S/C21H40N4O7/c1-4-5-10-6-7-11(22)19(30-10)31-16-12(23)8-13(24)17(14(16)26)32-20-15(27)18(25-3)21(2,28)9-29-20/h6,11-20,25-28H,4-5,7-9,22-24H2,1-3H3/t11-,12+,13-,14+,15-,16-,17+,18-,19-,20-,21+/m1/s1. The van der Waals surface area contributed by atoms with Gasteiger partial charge >= 0.3 is 0 Å². The van der Waals surface area contributed by atoms with E-state index in [9.17, 15) is 15.3 Å². The summed E-state index contributed by atoms with van der Waals surface area (Å²) < 4.78 is 23.4. The summed E-state index contributed by atoms with van der Waals surface area (Å²) >= 11 is 0. The maximum absolute atomic E-state index is 11.1. The number of nitrogens with one attached hydrogen (secondary N) is 1. The minimum atomic E-state index is -1.28. The van der Waals surface area contributed by atoms with Gasteiger partial charge < -0.3 is 56.8 Å². The van der Waals surface area contributed by atoms with E-state index >= 15 is 0 Å². The third-order valence-corrected chi connectivity index (χ3v) is 6.52. The van der Waals surface area contributed by atoms with Gasteiger partial charge in [-0.3, -0.25) is 0 Å². The predicted octanol–water partition coefficient (Wildman–Crippen LogP) is -2.01. The van der Waals surface area contributed by atoms with Crippen molar-refractivity contribution in [3.63, 3.8) is 0 Å². The van der Waals surface area contributed by atoms with E-state index in [1.807, 2.05) is 6.08 Å². The Labute approximate surface area is 189 Å². The van der Waals surface area contributed by atoms with Crippen molar-refractivity contribution in [2.24, 2.45) is 17.2 Å². The van der Waals surface area contributed by atoms with E-state index in [1.54, 1.807) is 14.0 Å².